The Morgan fingerprint density at radius 3 is 2.33 bits per heavy atom. The number of rotatable bonds is 7. The highest BCUT2D eigenvalue weighted by Gasteiger charge is 2.20. The largest absolute Gasteiger partial charge is 0.465 e. The lowest BCUT2D eigenvalue weighted by Crippen LogP contribution is -2.24. The van der Waals surface area contributed by atoms with E-state index in [1.54, 1.807) is 6.92 Å². The number of aromatic nitrogens is 2. The van der Waals surface area contributed by atoms with Gasteiger partial charge in [-0.2, -0.15) is 0 Å². The van der Waals surface area contributed by atoms with Gasteiger partial charge in [-0.05, 0) is 19.8 Å². The SMILES string of the molecule is CCCC(CCC)c1nnc([C@H](C)NC(=O)O)o1. The molecule has 6 nitrogen and oxygen atoms in total. The third-order valence-corrected chi connectivity index (χ3v) is 2.79. The maximum absolute atomic E-state index is 10.5. The van der Waals surface area contributed by atoms with Gasteiger partial charge in [-0.3, -0.25) is 0 Å². The summed E-state index contributed by atoms with van der Waals surface area (Å²) in [6.45, 7) is 5.92. The van der Waals surface area contributed by atoms with Crippen molar-refractivity contribution in [1.82, 2.24) is 15.5 Å². The van der Waals surface area contributed by atoms with Crippen LogP contribution in [0.1, 0.15) is 70.2 Å². The van der Waals surface area contributed by atoms with Crippen LogP contribution in [0.25, 0.3) is 0 Å². The summed E-state index contributed by atoms with van der Waals surface area (Å²) in [6, 6.07) is -0.479. The van der Waals surface area contributed by atoms with Gasteiger partial charge < -0.3 is 14.8 Å². The predicted molar refractivity (Wildman–Crippen MR) is 66.4 cm³/mol. The molecule has 0 aliphatic heterocycles. The molecule has 0 saturated heterocycles. The van der Waals surface area contributed by atoms with E-state index in [-0.39, 0.29) is 5.92 Å². The van der Waals surface area contributed by atoms with Crippen molar-refractivity contribution < 1.29 is 14.3 Å². The van der Waals surface area contributed by atoms with Gasteiger partial charge in [-0.15, -0.1) is 10.2 Å². The van der Waals surface area contributed by atoms with Crippen molar-refractivity contribution in [2.75, 3.05) is 0 Å². The summed E-state index contributed by atoms with van der Waals surface area (Å²) < 4.78 is 5.57. The fourth-order valence-electron chi connectivity index (χ4n) is 1.92. The van der Waals surface area contributed by atoms with Crippen LogP contribution in [0.5, 0.6) is 0 Å². The first-order valence-corrected chi connectivity index (χ1v) is 6.41. The predicted octanol–water partition coefficient (Wildman–Crippen LogP) is 3.08. The van der Waals surface area contributed by atoms with Crippen LogP contribution in [-0.2, 0) is 0 Å². The Bertz CT molecular complexity index is 372. The Labute approximate surface area is 107 Å². The minimum atomic E-state index is -1.10. The minimum absolute atomic E-state index is 0.276. The normalized spacial score (nSPS) is 12.7. The molecule has 0 saturated carbocycles. The molecule has 0 radical (unpaired) electrons. The fraction of sp³-hybridized carbons (Fsp3) is 0.750. The number of amides is 1. The number of carbonyl (C=O) groups is 1. The average molecular weight is 255 g/mol. The summed E-state index contributed by atoms with van der Waals surface area (Å²) in [7, 11) is 0. The number of hydrogen-bond donors (Lipinski definition) is 2. The standard InChI is InChI=1S/C12H21N3O3/c1-4-6-9(7-5-2)11-15-14-10(18-11)8(3)13-12(16)17/h8-9,13H,4-7H2,1-3H3,(H,16,17)/t8-/m0/s1. The summed E-state index contributed by atoms with van der Waals surface area (Å²) in [5.41, 5.74) is 0. The van der Waals surface area contributed by atoms with Gasteiger partial charge in [0.25, 0.3) is 0 Å². The molecule has 18 heavy (non-hydrogen) atoms. The van der Waals surface area contributed by atoms with Gasteiger partial charge in [0.05, 0.1) is 0 Å². The van der Waals surface area contributed by atoms with Crippen molar-refractivity contribution in [3.05, 3.63) is 11.8 Å². The highest BCUT2D eigenvalue weighted by molar-refractivity contribution is 5.64. The van der Waals surface area contributed by atoms with Gasteiger partial charge in [0.1, 0.15) is 6.04 Å². The second-order valence-corrected chi connectivity index (χ2v) is 4.42. The first kappa shape index (κ1) is 14.5. The van der Waals surface area contributed by atoms with Gasteiger partial charge in [0.2, 0.25) is 11.8 Å². The second kappa shape index (κ2) is 6.98. The molecule has 1 heterocycles. The first-order chi connectivity index (χ1) is 8.58. The summed E-state index contributed by atoms with van der Waals surface area (Å²) in [5, 5.41) is 18.9. The maximum atomic E-state index is 10.5. The van der Waals surface area contributed by atoms with E-state index in [1.165, 1.54) is 0 Å². The lowest BCUT2D eigenvalue weighted by Gasteiger charge is -2.10. The molecule has 0 fully saturated rings. The van der Waals surface area contributed by atoms with Crippen LogP contribution in [0.3, 0.4) is 0 Å². The van der Waals surface area contributed by atoms with E-state index in [0.29, 0.717) is 11.8 Å². The average Bonchev–Trinajstić information content (AvgIpc) is 2.77. The highest BCUT2D eigenvalue weighted by Crippen LogP contribution is 2.26. The van der Waals surface area contributed by atoms with Gasteiger partial charge in [0, 0.05) is 5.92 Å². The number of nitrogens with zero attached hydrogens (tertiary/aromatic N) is 2. The Morgan fingerprint density at radius 2 is 1.83 bits per heavy atom. The molecule has 0 aromatic carbocycles. The summed E-state index contributed by atoms with van der Waals surface area (Å²) in [5.74, 6) is 1.22. The van der Waals surface area contributed by atoms with Crippen LogP contribution in [0.4, 0.5) is 4.79 Å². The Balaban J connectivity index is 2.73. The van der Waals surface area contributed by atoms with E-state index in [2.05, 4.69) is 29.4 Å². The fourth-order valence-corrected chi connectivity index (χ4v) is 1.92. The molecular weight excluding hydrogens is 234 g/mol. The number of nitrogens with one attached hydrogen (secondary N) is 1. The van der Waals surface area contributed by atoms with Crippen LogP contribution >= 0.6 is 0 Å². The Kier molecular flexibility index (Phi) is 5.61. The molecule has 0 unspecified atom stereocenters. The highest BCUT2D eigenvalue weighted by atomic mass is 16.4. The van der Waals surface area contributed by atoms with E-state index in [9.17, 15) is 4.79 Å². The van der Waals surface area contributed by atoms with Gasteiger partial charge in [-0.1, -0.05) is 26.7 Å². The van der Waals surface area contributed by atoms with Crippen molar-refractivity contribution in [2.45, 2.75) is 58.4 Å². The Hall–Kier alpha value is -1.59. The third-order valence-electron chi connectivity index (χ3n) is 2.79. The molecule has 1 atom stereocenters. The maximum Gasteiger partial charge on any atom is 0.405 e. The summed E-state index contributed by atoms with van der Waals surface area (Å²) >= 11 is 0. The Morgan fingerprint density at radius 1 is 1.28 bits per heavy atom. The van der Waals surface area contributed by atoms with Crippen molar-refractivity contribution in [3.8, 4) is 0 Å². The molecule has 0 spiro atoms. The van der Waals surface area contributed by atoms with Gasteiger partial charge >= 0.3 is 6.09 Å². The quantitative estimate of drug-likeness (QED) is 0.781. The molecule has 1 rings (SSSR count). The van der Waals surface area contributed by atoms with Crippen LogP contribution in [0.15, 0.2) is 4.42 Å². The molecule has 1 aromatic rings. The van der Waals surface area contributed by atoms with E-state index >= 15 is 0 Å². The van der Waals surface area contributed by atoms with E-state index in [1.807, 2.05) is 0 Å². The molecule has 6 heteroatoms. The van der Waals surface area contributed by atoms with Crippen LogP contribution < -0.4 is 5.32 Å². The van der Waals surface area contributed by atoms with Crippen molar-refractivity contribution >= 4 is 6.09 Å². The summed E-state index contributed by atoms with van der Waals surface area (Å²) in [4.78, 5) is 10.5. The number of hydrogen-bond acceptors (Lipinski definition) is 4. The zero-order valence-corrected chi connectivity index (χ0v) is 11.1. The van der Waals surface area contributed by atoms with E-state index in [0.717, 1.165) is 25.7 Å². The van der Waals surface area contributed by atoms with Crippen molar-refractivity contribution in [2.24, 2.45) is 0 Å². The molecular formula is C12H21N3O3. The zero-order valence-electron chi connectivity index (χ0n) is 11.1. The third kappa shape index (κ3) is 4.01. The van der Waals surface area contributed by atoms with Crippen LogP contribution in [-0.4, -0.2) is 21.4 Å². The van der Waals surface area contributed by atoms with E-state index < -0.39 is 12.1 Å². The van der Waals surface area contributed by atoms with Crippen molar-refractivity contribution in [1.29, 1.82) is 0 Å². The topological polar surface area (TPSA) is 88.2 Å². The molecule has 2 N–H and O–H groups in total. The second-order valence-electron chi connectivity index (χ2n) is 4.42. The molecule has 1 amide bonds. The molecule has 0 bridgehead atoms. The van der Waals surface area contributed by atoms with Crippen LogP contribution in [0.2, 0.25) is 0 Å². The number of carboxylic acid groups (broad SMARTS) is 1. The van der Waals surface area contributed by atoms with Crippen molar-refractivity contribution in [3.63, 3.8) is 0 Å². The lowest BCUT2D eigenvalue weighted by atomic mass is 9.98. The van der Waals surface area contributed by atoms with E-state index in [4.69, 9.17) is 9.52 Å². The smallest absolute Gasteiger partial charge is 0.405 e. The molecule has 102 valence electrons. The van der Waals surface area contributed by atoms with Gasteiger partial charge in [-0.25, -0.2) is 4.79 Å². The first-order valence-electron chi connectivity index (χ1n) is 6.41. The molecule has 0 aliphatic rings. The molecule has 1 aromatic heterocycles. The monoisotopic (exact) mass is 255 g/mol. The summed E-state index contributed by atoms with van der Waals surface area (Å²) in [6.07, 6.45) is 3.05. The van der Waals surface area contributed by atoms with Gasteiger partial charge in [0.15, 0.2) is 0 Å². The van der Waals surface area contributed by atoms with Crippen LogP contribution in [0, 0.1) is 0 Å². The minimum Gasteiger partial charge on any atom is -0.465 e. The molecule has 0 aliphatic carbocycles. The zero-order chi connectivity index (χ0) is 13.5. The lowest BCUT2D eigenvalue weighted by molar-refractivity contribution is 0.188.